The van der Waals surface area contributed by atoms with Gasteiger partial charge in [0, 0.05) is 5.69 Å². The predicted octanol–water partition coefficient (Wildman–Crippen LogP) is 4.46. The molecule has 1 aromatic heterocycles. The summed E-state index contributed by atoms with van der Waals surface area (Å²) in [5, 5.41) is 12.4. The third-order valence-electron chi connectivity index (χ3n) is 4.93. The predicted molar refractivity (Wildman–Crippen MR) is 123 cm³/mol. The maximum atomic E-state index is 12.7. The van der Waals surface area contributed by atoms with Crippen molar-refractivity contribution in [2.24, 2.45) is 0 Å². The van der Waals surface area contributed by atoms with E-state index in [0.717, 1.165) is 23.1 Å². The minimum atomic E-state index is -0.309. The van der Waals surface area contributed by atoms with Gasteiger partial charge in [0.2, 0.25) is 5.91 Å². The zero-order valence-electron chi connectivity index (χ0n) is 17.9. The van der Waals surface area contributed by atoms with Gasteiger partial charge in [-0.05, 0) is 45.1 Å². The Kier molecular flexibility index (Phi) is 7.65. The van der Waals surface area contributed by atoms with Gasteiger partial charge in [-0.15, -0.1) is 10.2 Å². The fourth-order valence-electron chi connectivity index (χ4n) is 3.30. The molecule has 0 aliphatic rings. The summed E-state index contributed by atoms with van der Waals surface area (Å²) in [6.45, 7) is 4.71. The van der Waals surface area contributed by atoms with E-state index in [1.807, 2.05) is 55.5 Å². The summed E-state index contributed by atoms with van der Waals surface area (Å²) in [6.07, 6.45) is 0.925. The molecule has 30 heavy (non-hydrogen) atoms. The number of aromatic nitrogens is 3. The molecule has 7 heteroatoms. The fourth-order valence-corrected chi connectivity index (χ4v) is 4.16. The Balaban J connectivity index is 1.84. The number of para-hydroxylation sites is 1. The number of carbonyl (C=O) groups is 1. The van der Waals surface area contributed by atoms with Crippen LogP contribution in [-0.2, 0) is 11.3 Å². The Bertz CT molecular complexity index is 943. The zero-order chi connectivity index (χ0) is 21.5. The van der Waals surface area contributed by atoms with Crippen LogP contribution in [0.25, 0.3) is 0 Å². The van der Waals surface area contributed by atoms with Crippen molar-refractivity contribution in [1.82, 2.24) is 19.7 Å². The van der Waals surface area contributed by atoms with Crippen LogP contribution in [0, 0.1) is 0 Å². The molecule has 0 aliphatic heterocycles. The Hall–Kier alpha value is -2.64. The van der Waals surface area contributed by atoms with Crippen molar-refractivity contribution in [3.63, 3.8) is 0 Å². The summed E-state index contributed by atoms with van der Waals surface area (Å²) in [5.74, 6) is 0.867. The average molecular weight is 424 g/mol. The first kappa shape index (κ1) is 22.1. The van der Waals surface area contributed by atoms with Crippen LogP contribution in [0.4, 0.5) is 5.69 Å². The summed E-state index contributed by atoms with van der Waals surface area (Å²) in [6, 6.07) is 19.9. The lowest BCUT2D eigenvalue weighted by Gasteiger charge is -2.23. The van der Waals surface area contributed by atoms with Crippen LogP contribution < -0.4 is 5.32 Å². The number of benzene rings is 2. The summed E-state index contributed by atoms with van der Waals surface area (Å²) in [7, 11) is 4.11. The second-order valence-electron chi connectivity index (χ2n) is 7.42. The van der Waals surface area contributed by atoms with Gasteiger partial charge in [0.25, 0.3) is 0 Å². The van der Waals surface area contributed by atoms with Crippen LogP contribution >= 0.6 is 11.8 Å². The van der Waals surface area contributed by atoms with Gasteiger partial charge in [-0.2, -0.15) is 0 Å². The highest BCUT2D eigenvalue weighted by atomic mass is 32.2. The van der Waals surface area contributed by atoms with E-state index in [1.165, 1.54) is 17.3 Å². The summed E-state index contributed by atoms with van der Waals surface area (Å²) < 4.78 is 2.14. The number of hydrogen-bond acceptors (Lipinski definition) is 5. The van der Waals surface area contributed by atoms with Gasteiger partial charge in [0.05, 0.1) is 17.8 Å². The molecule has 0 aliphatic carbocycles. The standard InChI is InChI=1S/C23H29N5OS/c1-5-20(27(3)4)21-25-26-23(28(21)16-18-12-8-6-9-13-18)30-17(2)22(29)24-19-14-10-7-11-15-19/h6-15,17,20H,5,16H2,1-4H3,(H,24,29). The maximum absolute atomic E-state index is 12.7. The molecule has 6 nitrogen and oxygen atoms in total. The molecule has 0 saturated carbocycles. The molecule has 1 N–H and O–H groups in total. The van der Waals surface area contributed by atoms with Crippen LogP contribution in [0.1, 0.15) is 37.7 Å². The largest absolute Gasteiger partial charge is 0.325 e. The molecule has 1 heterocycles. The van der Waals surface area contributed by atoms with E-state index in [2.05, 4.69) is 58.1 Å². The molecule has 0 spiro atoms. The second kappa shape index (κ2) is 10.4. The molecule has 0 radical (unpaired) electrons. The number of anilines is 1. The second-order valence-corrected chi connectivity index (χ2v) is 8.72. The highest BCUT2D eigenvalue weighted by Gasteiger charge is 2.25. The lowest BCUT2D eigenvalue weighted by Crippen LogP contribution is -2.24. The topological polar surface area (TPSA) is 63.1 Å². The van der Waals surface area contributed by atoms with Crippen LogP contribution in [0.5, 0.6) is 0 Å². The van der Waals surface area contributed by atoms with Gasteiger partial charge in [0.1, 0.15) is 0 Å². The summed E-state index contributed by atoms with van der Waals surface area (Å²) in [4.78, 5) is 14.9. The van der Waals surface area contributed by atoms with Gasteiger partial charge >= 0.3 is 0 Å². The molecule has 2 unspecified atom stereocenters. The molecule has 2 atom stereocenters. The number of amides is 1. The molecule has 1 amide bonds. The third kappa shape index (κ3) is 5.49. The minimum absolute atomic E-state index is 0.0540. The highest BCUT2D eigenvalue weighted by molar-refractivity contribution is 8.00. The number of carbonyl (C=O) groups excluding carboxylic acids is 1. The van der Waals surface area contributed by atoms with Crippen molar-refractivity contribution in [2.45, 2.75) is 43.3 Å². The van der Waals surface area contributed by atoms with E-state index in [0.29, 0.717) is 6.54 Å². The first-order valence-electron chi connectivity index (χ1n) is 10.2. The number of nitrogens with zero attached hydrogens (tertiary/aromatic N) is 4. The Morgan fingerprint density at radius 1 is 1.07 bits per heavy atom. The van der Waals surface area contributed by atoms with E-state index in [4.69, 9.17) is 0 Å². The van der Waals surface area contributed by atoms with Crippen LogP contribution in [0.3, 0.4) is 0 Å². The lowest BCUT2D eigenvalue weighted by atomic mass is 10.2. The van der Waals surface area contributed by atoms with Gasteiger partial charge < -0.3 is 9.88 Å². The van der Waals surface area contributed by atoms with Crippen molar-refractivity contribution >= 4 is 23.4 Å². The number of thioether (sulfide) groups is 1. The minimum Gasteiger partial charge on any atom is -0.325 e. The van der Waals surface area contributed by atoms with Crippen LogP contribution in [0.15, 0.2) is 65.8 Å². The maximum Gasteiger partial charge on any atom is 0.237 e. The van der Waals surface area contributed by atoms with E-state index in [-0.39, 0.29) is 17.2 Å². The molecule has 0 fully saturated rings. The molecule has 158 valence electrons. The Labute approximate surface area is 182 Å². The first-order chi connectivity index (χ1) is 14.5. The number of hydrogen-bond donors (Lipinski definition) is 1. The van der Waals surface area contributed by atoms with Crippen LogP contribution in [-0.4, -0.2) is 44.9 Å². The molecular formula is C23H29N5OS. The highest BCUT2D eigenvalue weighted by Crippen LogP contribution is 2.28. The average Bonchev–Trinajstić information content (AvgIpc) is 3.11. The fraction of sp³-hybridized carbons (Fsp3) is 0.348. The molecular weight excluding hydrogens is 394 g/mol. The normalized spacial score (nSPS) is 13.2. The molecule has 3 rings (SSSR count). The summed E-state index contributed by atoms with van der Waals surface area (Å²) >= 11 is 1.44. The van der Waals surface area contributed by atoms with Crippen molar-refractivity contribution in [3.8, 4) is 0 Å². The van der Waals surface area contributed by atoms with Crippen molar-refractivity contribution in [3.05, 3.63) is 72.1 Å². The van der Waals surface area contributed by atoms with Crippen molar-refractivity contribution < 1.29 is 4.79 Å². The quantitative estimate of drug-likeness (QED) is 0.515. The van der Waals surface area contributed by atoms with Crippen LogP contribution in [0.2, 0.25) is 0 Å². The first-order valence-corrected chi connectivity index (χ1v) is 11.0. The van der Waals surface area contributed by atoms with Gasteiger partial charge in [-0.3, -0.25) is 9.69 Å². The monoisotopic (exact) mass is 423 g/mol. The van der Waals surface area contributed by atoms with E-state index < -0.39 is 0 Å². The van der Waals surface area contributed by atoms with Crippen molar-refractivity contribution in [1.29, 1.82) is 0 Å². The Morgan fingerprint density at radius 2 is 1.70 bits per heavy atom. The summed E-state index contributed by atoms with van der Waals surface area (Å²) in [5.41, 5.74) is 1.97. The van der Waals surface area contributed by atoms with E-state index in [1.54, 1.807) is 0 Å². The molecule has 2 aromatic carbocycles. The number of rotatable bonds is 9. The van der Waals surface area contributed by atoms with Gasteiger partial charge in [0.15, 0.2) is 11.0 Å². The lowest BCUT2D eigenvalue weighted by molar-refractivity contribution is -0.115. The van der Waals surface area contributed by atoms with Gasteiger partial charge in [-0.1, -0.05) is 67.2 Å². The van der Waals surface area contributed by atoms with Crippen molar-refractivity contribution in [2.75, 3.05) is 19.4 Å². The Morgan fingerprint density at radius 3 is 2.30 bits per heavy atom. The SMILES string of the molecule is CCC(c1nnc(SC(C)C(=O)Nc2ccccc2)n1Cc1ccccc1)N(C)C. The van der Waals surface area contributed by atoms with E-state index >= 15 is 0 Å². The molecule has 3 aromatic rings. The zero-order valence-corrected chi connectivity index (χ0v) is 18.8. The van der Waals surface area contributed by atoms with E-state index in [9.17, 15) is 4.79 Å². The molecule has 0 bridgehead atoms. The third-order valence-corrected chi connectivity index (χ3v) is 6.01. The number of nitrogens with one attached hydrogen (secondary N) is 1. The molecule has 0 saturated heterocycles. The van der Waals surface area contributed by atoms with Gasteiger partial charge in [-0.25, -0.2) is 0 Å². The smallest absolute Gasteiger partial charge is 0.237 e.